The van der Waals surface area contributed by atoms with Crippen LogP contribution in [0.1, 0.15) is 16.8 Å². The highest BCUT2D eigenvalue weighted by molar-refractivity contribution is 7.89. The molecule has 0 saturated carbocycles. The van der Waals surface area contributed by atoms with E-state index in [9.17, 15) is 8.42 Å². The van der Waals surface area contributed by atoms with E-state index in [1.165, 1.54) is 17.7 Å². The minimum absolute atomic E-state index is 0.109. The number of hydrogen-bond acceptors (Lipinski definition) is 6. The van der Waals surface area contributed by atoms with E-state index in [0.717, 1.165) is 22.8 Å². The van der Waals surface area contributed by atoms with Crippen molar-refractivity contribution in [3.05, 3.63) is 71.4 Å². The lowest BCUT2D eigenvalue weighted by molar-refractivity contribution is 0.598. The van der Waals surface area contributed by atoms with Gasteiger partial charge in [0.2, 0.25) is 16.0 Å². The van der Waals surface area contributed by atoms with Crippen molar-refractivity contribution >= 4 is 27.5 Å². The number of sulfonamides is 1. The van der Waals surface area contributed by atoms with Crippen molar-refractivity contribution in [2.45, 2.75) is 25.2 Å². The van der Waals surface area contributed by atoms with Gasteiger partial charge in [0.05, 0.1) is 4.90 Å². The summed E-state index contributed by atoms with van der Waals surface area (Å²) < 4.78 is 22.6. The number of aryl methyl sites for hydroxylation is 2. The van der Waals surface area contributed by atoms with Crippen molar-refractivity contribution in [2.75, 3.05) is 17.2 Å². The lowest BCUT2D eigenvalue weighted by Gasteiger charge is -2.10. The molecule has 4 N–H and O–H groups in total. The van der Waals surface area contributed by atoms with Crippen LogP contribution in [0.25, 0.3) is 0 Å². The normalized spacial score (nSPS) is 11.2. The van der Waals surface area contributed by atoms with Crippen molar-refractivity contribution in [1.29, 1.82) is 0 Å². The summed E-state index contributed by atoms with van der Waals surface area (Å²) in [5.74, 6) is 1.26. The number of benzene rings is 2. The molecule has 3 aromatic rings. The average Bonchev–Trinajstić information content (AvgIpc) is 2.63. The van der Waals surface area contributed by atoms with Gasteiger partial charge in [-0.25, -0.2) is 18.5 Å². The maximum Gasteiger partial charge on any atom is 0.238 e. The van der Waals surface area contributed by atoms with Crippen LogP contribution in [0.5, 0.6) is 0 Å². The molecular formula is C20H23N5O2S. The predicted molar refractivity (Wildman–Crippen MR) is 111 cm³/mol. The quantitative estimate of drug-likeness (QED) is 0.565. The van der Waals surface area contributed by atoms with Crippen LogP contribution in [0.2, 0.25) is 0 Å². The SMILES string of the molecule is Cc1ccc(Nc2cc(C)nc(NCCc3ccc(S(N)(=O)=O)cc3)n2)cc1. The van der Waals surface area contributed by atoms with Crippen LogP contribution < -0.4 is 15.8 Å². The molecule has 0 spiro atoms. The van der Waals surface area contributed by atoms with Crippen LogP contribution in [0, 0.1) is 13.8 Å². The van der Waals surface area contributed by atoms with Gasteiger partial charge < -0.3 is 10.6 Å². The molecule has 1 aromatic heterocycles. The van der Waals surface area contributed by atoms with E-state index >= 15 is 0 Å². The highest BCUT2D eigenvalue weighted by Gasteiger charge is 2.07. The number of primary sulfonamides is 1. The molecule has 0 aliphatic heterocycles. The number of nitrogens with zero attached hydrogens (tertiary/aromatic N) is 2. The number of aromatic nitrogens is 2. The van der Waals surface area contributed by atoms with Gasteiger partial charge >= 0.3 is 0 Å². The fourth-order valence-electron chi connectivity index (χ4n) is 2.66. The molecule has 1 heterocycles. The molecule has 0 aliphatic rings. The lowest BCUT2D eigenvalue weighted by Crippen LogP contribution is -2.12. The molecule has 0 bridgehead atoms. The zero-order chi connectivity index (χ0) is 20.1. The zero-order valence-corrected chi connectivity index (χ0v) is 16.6. The molecule has 0 amide bonds. The van der Waals surface area contributed by atoms with E-state index in [1.54, 1.807) is 12.1 Å². The topological polar surface area (TPSA) is 110 Å². The van der Waals surface area contributed by atoms with Crippen molar-refractivity contribution < 1.29 is 8.42 Å². The molecule has 28 heavy (non-hydrogen) atoms. The summed E-state index contributed by atoms with van der Waals surface area (Å²) in [6.07, 6.45) is 0.697. The van der Waals surface area contributed by atoms with Crippen LogP contribution >= 0.6 is 0 Å². The molecule has 8 heteroatoms. The van der Waals surface area contributed by atoms with Crippen LogP contribution in [0.4, 0.5) is 17.5 Å². The van der Waals surface area contributed by atoms with Gasteiger partial charge in [-0.05, 0) is 50.1 Å². The van der Waals surface area contributed by atoms with Crippen molar-refractivity contribution in [3.63, 3.8) is 0 Å². The minimum Gasteiger partial charge on any atom is -0.354 e. The van der Waals surface area contributed by atoms with Crippen LogP contribution in [0.15, 0.2) is 59.5 Å². The third-order valence-corrected chi connectivity index (χ3v) is 5.06. The van der Waals surface area contributed by atoms with Gasteiger partial charge in [-0.2, -0.15) is 4.98 Å². The first-order chi connectivity index (χ1) is 13.3. The number of rotatable bonds is 7. The molecule has 0 atom stereocenters. The Kier molecular flexibility index (Phi) is 5.91. The Balaban J connectivity index is 1.61. The fraction of sp³-hybridized carbons (Fsp3) is 0.200. The van der Waals surface area contributed by atoms with E-state index < -0.39 is 10.0 Å². The van der Waals surface area contributed by atoms with Gasteiger partial charge in [0, 0.05) is 24.0 Å². The van der Waals surface area contributed by atoms with Gasteiger partial charge in [0.25, 0.3) is 0 Å². The molecule has 0 saturated heterocycles. The average molecular weight is 398 g/mol. The fourth-order valence-corrected chi connectivity index (χ4v) is 3.18. The number of anilines is 3. The minimum atomic E-state index is -3.66. The number of hydrogen-bond donors (Lipinski definition) is 3. The second-order valence-corrected chi connectivity index (χ2v) is 8.14. The van der Waals surface area contributed by atoms with E-state index in [4.69, 9.17) is 5.14 Å². The second kappa shape index (κ2) is 8.37. The molecule has 146 valence electrons. The van der Waals surface area contributed by atoms with Gasteiger partial charge in [-0.15, -0.1) is 0 Å². The Morgan fingerprint density at radius 2 is 1.64 bits per heavy atom. The maximum absolute atomic E-state index is 11.3. The van der Waals surface area contributed by atoms with Gasteiger partial charge in [-0.1, -0.05) is 29.8 Å². The van der Waals surface area contributed by atoms with Crippen LogP contribution in [0.3, 0.4) is 0 Å². The van der Waals surface area contributed by atoms with Crippen LogP contribution in [-0.4, -0.2) is 24.9 Å². The van der Waals surface area contributed by atoms with Crippen molar-refractivity contribution in [1.82, 2.24) is 9.97 Å². The molecule has 2 aromatic carbocycles. The molecule has 0 aliphatic carbocycles. The summed E-state index contributed by atoms with van der Waals surface area (Å²) in [6.45, 7) is 4.57. The third kappa shape index (κ3) is 5.51. The highest BCUT2D eigenvalue weighted by Crippen LogP contribution is 2.17. The number of nitrogens with one attached hydrogen (secondary N) is 2. The smallest absolute Gasteiger partial charge is 0.238 e. The monoisotopic (exact) mass is 397 g/mol. The first-order valence-electron chi connectivity index (χ1n) is 8.84. The lowest BCUT2D eigenvalue weighted by atomic mass is 10.1. The van der Waals surface area contributed by atoms with E-state index in [0.29, 0.717) is 18.9 Å². The summed E-state index contributed by atoms with van der Waals surface area (Å²) in [4.78, 5) is 9.02. The van der Waals surface area contributed by atoms with Gasteiger partial charge in [0.15, 0.2) is 0 Å². The predicted octanol–water partition coefficient (Wildman–Crippen LogP) is 3.14. The van der Waals surface area contributed by atoms with Crippen LogP contribution in [-0.2, 0) is 16.4 Å². The third-order valence-electron chi connectivity index (χ3n) is 4.13. The van der Waals surface area contributed by atoms with Crippen molar-refractivity contribution in [2.24, 2.45) is 5.14 Å². The molecule has 0 fully saturated rings. The zero-order valence-electron chi connectivity index (χ0n) is 15.8. The first-order valence-corrected chi connectivity index (χ1v) is 10.4. The number of nitrogens with two attached hydrogens (primary N) is 1. The Morgan fingerprint density at radius 3 is 2.29 bits per heavy atom. The van der Waals surface area contributed by atoms with Gasteiger partial charge in [0.1, 0.15) is 5.82 Å². The van der Waals surface area contributed by atoms with Gasteiger partial charge in [-0.3, -0.25) is 0 Å². The second-order valence-electron chi connectivity index (χ2n) is 6.57. The Hall–Kier alpha value is -2.97. The largest absolute Gasteiger partial charge is 0.354 e. The molecule has 7 nitrogen and oxygen atoms in total. The van der Waals surface area contributed by atoms with Crippen molar-refractivity contribution in [3.8, 4) is 0 Å². The molecular weight excluding hydrogens is 374 g/mol. The summed E-state index contributed by atoms with van der Waals surface area (Å²) in [7, 11) is -3.66. The summed E-state index contributed by atoms with van der Waals surface area (Å²) in [5, 5.41) is 11.6. The summed E-state index contributed by atoms with van der Waals surface area (Å²) >= 11 is 0. The Labute approximate surface area is 165 Å². The Bertz CT molecular complexity index is 1050. The first kappa shape index (κ1) is 19.8. The highest BCUT2D eigenvalue weighted by atomic mass is 32.2. The summed E-state index contributed by atoms with van der Waals surface area (Å²) in [5.41, 5.74) is 4.00. The standard InChI is InChI=1S/C20H23N5O2S/c1-14-3-7-17(8-4-14)24-19-13-15(2)23-20(25-19)22-12-11-16-5-9-18(10-6-16)28(21,26)27/h3-10,13H,11-12H2,1-2H3,(H2,21,26,27)(H2,22,23,24,25). The maximum atomic E-state index is 11.3. The molecule has 0 radical (unpaired) electrons. The van der Waals surface area contributed by atoms with E-state index in [-0.39, 0.29) is 4.90 Å². The molecule has 0 unspecified atom stereocenters. The Morgan fingerprint density at radius 1 is 0.964 bits per heavy atom. The van der Waals surface area contributed by atoms with E-state index in [2.05, 4.69) is 20.6 Å². The summed E-state index contributed by atoms with van der Waals surface area (Å²) in [6, 6.07) is 16.5. The molecule has 3 rings (SSSR count). The van der Waals surface area contributed by atoms with E-state index in [1.807, 2.05) is 44.2 Å².